The summed E-state index contributed by atoms with van der Waals surface area (Å²) in [6, 6.07) is 5.96. The summed E-state index contributed by atoms with van der Waals surface area (Å²) in [5.41, 5.74) is 3.38. The molecule has 102 valence electrons. The molecule has 0 amide bonds. The van der Waals surface area contributed by atoms with E-state index in [4.69, 9.17) is 0 Å². The number of benzene rings is 1. The molecule has 0 aromatic heterocycles. The molecule has 1 unspecified atom stereocenters. The molecule has 0 fully saturated rings. The van der Waals surface area contributed by atoms with Crippen molar-refractivity contribution in [3.63, 3.8) is 0 Å². The minimum atomic E-state index is -0.334. The largest absolute Gasteiger partial charge is 0.469 e. The average molecular weight is 260 g/mol. The Morgan fingerprint density at radius 1 is 1.21 bits per heavy atom. The van der Waals surface area contributed by atoms with E-state index in [-0.39, 0.29) is 24.1 Å². The van der Waals surface area contributed by atoms with Gasteiger partial charge < -0.3 is 4.74 Å². The van der Waals surface area contributed by atoms with Crippen molar-refractivity contribution in [1.82, 2.24) is 0 Å². The van der Waals surface area contributed by atoms with Gasteiger partial charge in [-0.1, -0.05) is 19.1 Å². The number of esters is 1. The van der Waals surface area contributed by atoms with Gasteiger partial charge in [-0.3, -0.25) is 9.59 Å². The van der Waals surface area contributed by atoms with Crippen LogP contribution in [0.2, 0.25) is 0 Å². The van der Waals surface area contributed by atoms with Gasteiger partial charge >= 0.3 is 5.97 Å². The first-order chi connectivity index (χ1) is 9.11. The number of ether oxygens (including phenoxy) is 1. The van der Waals surface area contributed by atoms with Crippen molar-refractivity contribution in [2.75, 3.05) is 7.11 Å². The van der Waals surface area contributed by atoms with Gasteiger partial charge in [-0.15, -0.1) is 0 Å². The number of hydrogen-bond donors (Lipinski definition) is 0. The highest BCUT2D eigenvalue weighted by atomic mass is 16.5. The number of Topliss-reactive ketones (excluding diaryl/α,β-unsaturated/α-hetero) is 1. The van der Waals surface area contributed by atoms with Gasteiger partial charge in [0.25, 0.3) is 0 Å². The number of fused-ring (bicyclic) bond motifs is 1. The van der Waals surface area contributed by atoms with Crippen LogP contribution in [0.5, 0.6) is 0 Å². The Labute approximate surface area is 114 Å². The van der Waals surface area contributed by atoms with Crippen LogP contribution in [0.15, 0.2) is 18.2 Å². The molecule has 0 saturated heterocycles. The predicted molar refractivity (Wildman–Crippen MR) is 73.2 cm³/mol. The fourth-order valence-corrected chi connectivity index (χ4v) is 2.60. The second-order valence-electron chi connectivity index (χ2n) is 5.24. The van der Waals surface area contributed by atoms with Crippen molar-refractivity contribution in [2.45, 2.75) is 39.0 Å². The molecule has 2 rings (SSSR count). The topological polar surface area (TPSA) is 43.4 Å². The van der Waals surface area contributed by atoms with Gasteiger partial charge in [0.05, 0.1) is 13.5 Å². The number of rotatable bonds is 4. The zero-order valence-corrected chi connectivity index (χ0v) is 11.6. The number of ketones is 1. The smallest absolute Gasteiger partial charge is 0.306 e. The molecule has 1 atom stereocenters. The van der Waals surface area contributed by atoms with Crippen LogP contribution in [-0.2, 0) is 22.4 Å². The molecule has 0 heterocycles. The molecule has 0 N–H and O–H groups in total. The van der Waals surface area contributed by atoms with E-state index in [0.29, 0.717) is 0 Å². The highest BCUT2D eigenvalue weighted by Gasteiger charge is 2.20. The third kappa shape index (κ3) is 3.22. The van der Waals surface area contributed by atoms with Crippen LogP contribution in [-0.4, -0.2) is 18.9 Å². The predicted octanol–water partition coefficient (Wildman–Crippen LogP) is 2.95. The standard InChI is InChI=1S/C16H20O3/c1-11(9-15(17)19-2)16(18)14-8-7-12-5-3-4-6-13(12)10-14/h7-8,10-11H,3-6,9H2,1-2H3. The molecule has 1 aliphatic rings. The monoisotopic (exact) mass is 260 g/mol. The van der Waals surface area contributed by atoms with Crippen LogP contribution in [0.25, 0.3) is 0 Å². The second kappa shape index (κ2) is 6.00. The number of carbonyl (C=O) groups is 2. The van der Waals surface area contributed by atoms with E-state index in [9.17, 15) is 9.59 Å². The molecule has 19 heavy (non-hydrogen) atoms. The summed E-state index contributed by atoms with van der Waals surface area (Å²) in [5, 5.41) is 0. The van der Waals surface area contributed by atoms with Gasteiger partial charge in [0.1, 0.15) is 0 Å². The Morgan fingerprint density at radius 2 is 1.89 bits per heavy atom. The highest BCUT2D eigenvalue weighted by molar-refractivity contribution is 5.99. The van der Waals surface area contributed by atoms with Crippen molar-refractivity contribution in [2.24, 2.45) is 5.92 Å². The van der Waals surface area contributed by atoms with E-state index in [1.54, 1.807) is 6.92 Å². The lowest BCUT2D eigenvalue weighted by Gasteiger charge is -2.17. The molecule has 0 saturated carbocycles. The van der Waals surface area contributed by atoms with Crippen LogP contribution in [0.4, 0.5) is 0 Å². The molecule has 1 aromatic carbocycles. The summed E-state index contributed by atoms with van der Waals surface area (Å²) in [6.45, 7) is 1.78. The van der Waals surface area contributed by atoms with Crippen molar-refractivity contribution in [3.8, 4) is 0 Å². The molecule has 0 radical (unpaired) electrons. The Kier molecular flexibility index (Phi) is 4.35. The Hall–Kier alpha value is -1.64. The lowest BCUT2D eigenvalue weighted by Crippen LogP contribution is -2.17. The highest BCUT2D eigenvalue weighted by Crippen LogP contribution is 2.23. The van der Waals surface area contributed by atoms with Crippen molar-refractivity contribution in [3.05, 3.63) is 34.9 Å². The minimum absolute atomic E-state index is 0.0266. The van der Waals surface area contributed by atoms with Crippen molar-refractivity contribution in [1.29, 1.82) is 0 Å². The normalized spacial score (nSPS) is 15.5. The lowest BCUT2D eigenvalue weighted by molar-refractivity contribution is -0.141. The molecular weight excluding hydrogens is 240 g/mol. The first-order valence-corrected chi connectivity index (χ1v) is 6.84. The van der Waals surface area contributed by atoms with E-state index >= 15 is 0 Å². The summed E-state index contributed by atoms with van der Waals surface area (Å²) in [4.78, 5) is 23.5. The van der Waals surface area contributed by atoms with Gasteiger partial charge in [0, 0.05) is 11.5 Å². The summed E-state index contributed by atoms with van der Waals surface area (Å²) < 4.78 is 4.61. The molecule has 0 bridgehead atoms. The van der Waals surface area contributed by atoms with E-state index < -0.39 is 0 Å². The lowest BCUT2D eigenvalue weighted by atomic mass is 9.88. The molecular formula is C16H20O3. The summed E-state index contributed by atoms with van der Waals surface area (Å²) >= 11 is 0. The van der Waals surface area contributed by atoms with Crippen molar-refractivity contribution >= 4 is 11.8 Å². The molecule has 3 heteroatoms. The Balaban J connectivity index is 2.12. The van der Waals surface area contributed by atoms with E-state index in [1.165, 1.54) is 31.1 Å². The number of carbonyl (C=O) groups excluding carboxylic acids is 2. The van der Waals surface area contributed by atoms with Crippen molar-refractivity contribution < 1.29 is 14.3 Å². The number of methoxy groups -OCH3 is 1. The van der Waals surface area contributed by atoms with Gasteiger partial charge in [0.2, 0.25) is 0 Å². The van der Waals surface area contributed by atoms with Gasteiger partial charge in [-0.05, 0) is 42.9 Å². The third-order valence-electron chi connectivity index (χ3n) is 3.78. The van der Waals surface area contributed by atoms with Crippen LogP contribution >= 0.6 is 0 Å². The maximum absolute atomic E-state index is 12.3. The first-order valence-electron chi connectivity index (χ1n) is 6.84. The second-order valence-corrected chi connectivity index (χ2v) is 5.24. The van der Waals surface area contributed by atoms with Gasteiger partial charge in [-0.25, -0.2) is 0 Å². The molecule has 1 aliphatic carbocycles. The van der Waals surface area contributed by atoms with Crippen LogP contribution < -0.4 is 0 Å². The quantitative estimate of drug-likeness (QED) is 0.617. The molecule has 0 aliphatic heterocycles. The van der Waals surface area contributed by atoms with Gasteiger partial charge in [-0.2, -0.15) is 0 Å². The first kappa shape index (κ1) is 13.8. The van der Waals surface area contributed by atoms with Crippen LogP contribution in [0.3, 0.4) is 0 Å². The van der Waals surface area contributed by atoms with Crippen LogP contribution in [0.1, 0.15) is 47.7 Å². The van der Waals surface area contributed by atoms with E-state index in [0.717, 1.165) is 18.4 Å². The van der Waals surface area contributed by atoms with E-state index in [2.05, 4.69) is 10.8 Å². The number of hydrogen-bond acceptors (Lipinski definition) is 3. The van der Waals surface area contributed by atoms with Gasteiger partial charge in [0.15, 0.2) is 5.78 Å². The Morgan fingerprint density at radius 3 is 2.58 bits per heavy atom. The fourth-order valence-electron chi connectivity index (χ4n) is 2.60. The van der Waals surface area contributed by atoms with Crippen LogP contribution in [0, 0.1) is 5.92 Å². The summed E-state index contributed by atoms with van der Waals surface area (Å²) in [7, 11) is 1.35. The zero-order chi connectivity index (χ0) is 13.8. The fraction of sp³-hybridized carbons (Fsp3) is 0.500. The molecule has 0 spiro atoms. The maximum Gasteiger partial charge on any atom is 0.306 e. The van der Waals surface area contributed by atoms with E-state index in [1.807, 2.05) is 12.1 Å². The SMILES string of the molecule is COC(=O)CC(C)C(=O)c1ccc2c(c1)CCCC2. The number of aryl methyl sites for hydroxylation is 2. The summed E-state index contributed by atoms with van der Waals surface area (Å²) in [6.07, 6.45) is 4.75. The average Bonchev–Trinajstić information content (AvgIpc) is 2.45. The molecule has 1 aromatic rings. The molecule has 3 nitrogen and oxygen atoms in total. The minimum Gasteiger partial charge on any atom is -0.469 e. The summed E-state index contributed by atoms with van der Waals surface area (Å²) in [5.74, 6) is -0.633. The maximum atomic E-state index is 12.3. The third-order valence-corrected chi connectivity index (χ3v) is 3.78. The Bertz CT molecular complexity index is 491. The zero-order valence-electron chi connectivity index (χ0n) is 11.6.